The van der Waals surface area contributed by atoms with E-state index in [1.54, 1.807) is 20.8 Å². The van der Waals surface area contributed by atoms with Crippen LogP contribution in [0.4, 0.5) is 10.6 Å². The second-order valence-electron chi connectivity index (χ2n) is 6.75. The topological polar surface area (TPSA) is 116 Å². The molecule has 26 heavy (non-hydrogen) atoms. The molecule has 1 heterocycles. The van der Waals surface area contributed by atoms with Crippen LogP contribution in [0.5, 0.6) is 0 Å². The molecule has 8 nitrogen and oxygen atoms in total. The highest BCUT2D eigenvalue weighted by atomic mass is 16.6. The molecule has 1 aromatic carbocycles. The van der Waals surface area contributed by atoms with Gasteiger partial charge in [-0.05, 0) is 26.3 Å². The molecule has 0 saturated heterocycles. The first-order chi connectivity index (χ1) is 12.3. The van der Waals surface area contributed by atoms with Crippen molar-refractivity contribution in [1.29, 1.82) is 0 Å². The number of ether oxygens (including phenoxy) is 1. The summed E-state index contributed by atoms with van der Waals surface area (Å²) in [6.07, 6.45) is -0.0714. The van der Waals surface area contributed by atoms with Gasteiger partial charge in [-0.1, -0.05) is 30.3 Å². The van der Waals surface area contributed by atoms with Gasteiger partial charge in [0.05, 0.1) is 0 Å². The van der Waals surface area contributed by atoms with E-state index in [9.17, 15) is 14.7 Å². The number of anilines is 1. The largest absolute Gasteiger partial charge is 0.477 e. The zero-order valence-electron chi connectivity index (χ0n) is 15.1. The van der Waals surface area contributed by atoms with Crippen LogP contribution in [0.1, 0.15) is 42.4 Å². The number of aromatic carboxylic acids is 1. The van der Waals surface area contributed by atoms with Crippen LogP contribution < -0.4 is 10.6 Å². The molecule has 4 N–H and O–H groups in total. The Labute approximate surface area is 152 Å². The van der Waals surface area contributed by atoms with Gasteiger partial charge in [-0.25, -0.2) is 9.59 Å². The van der Waals surface area contributed by atoms with Crippen molar-refractivity contribution in [2.24, 2.45) is 0 Å². The van der Waals surface area contributed by atoms with Gasteiger partial charge in [-0.2, -0.15) is 5.10 Å². The highest BCUT2D eigenvalue weighted by Gasteiger charge is 2.19. The van der Waals surface area contributed by atoms with Crippen molar-refractivity contribution in [3.63, 3.8) is 0 Å². The van der Waals surface area contributed by atoms with E-state index in [1.807, 2.05) is 30.3 Å². The molecule has 2 rings (SSSR count). The van der Waals surface area contributed by atoms with Crippen LogP contribution in [0, 0.1) is 0 Å². The Morgan fingerprint density at radius 1 is 1.19 bits per heavy atom. The van der Waals surface area contributed by atoms with Crippen molar-refractivity contribution in [3.8, 4) is 0 Å². The number of carboxylic acids is 1. The Bertz CT molecular complexity index is 750. The second-order valence-corrected chi connectivity index (χ2v) is 6.75. The molecule has 0 fully saturated rings. The number of nitrogens with one attached hydrogen (secondary N) is 3. The Morgan fingerprint density at radius 3 is 2.50 bits per heavy atom. The van der Waals surface area contributed by atoms with E-state index in [2.05, 4.69) is 20.8 Å². The van der Waals surface area contributed by atoms with Crippen molar-refractivity contribution in [2.75, 3.05) is 18.4 Å². The van der Waals surface area contributed by atoms with E-state index in [0.717, 1.165) is 5.56 Å². The first kappa shape index (κ1) is 19.3. The van der Waals surface area contributed by atoms with E-state index in [0.29, 0.717) is 30.9 Å². The molecule has 0 bridgehead atoms. The highest BCUT2D eigenvalue weighted by Crippen LogP contribution is 2.20. The first-order valence-corrected chi connectivity index (χ1v) is 8.31. The number of aromatic nitrogens is 2. The van der Waals surface area contributed by atoms with Gasteiger partial charge in [-0.15, -0.1) is 0 Å². The monoisotopic (exact) mass is 360 g/mol. The van der Waals surface area contributed by atoms with Crippen molar-refractivity contribution in [3.05, 3.63) is 47.2 Å². The molecule has 0 saturated carbocycles. The highest BCUT2D eigenvalue weighted by molar-refractivity contribution is 5.89. The average Bonchev–Trinajstić information content (AvgIpc) is 2.94. The molecule has 1 aromatic heterocycles. The summed E-state index contributed by atoms with van der Waals surface area (Å²) in [5.41, 5.74) is 1.04. The number of aromatic amines is 1. The molecule has 0 radical (unpaired) electrons. The van der Waals surface area contributed by atoms with Crippen LogP contribution in [0.2, 0.25) is 0 Å². The number of carboxylic acid groups (broad SMARTS) is 1. The lowest BCUT2D eigenvalue weighted by molar-refractivity contribution is 0.0529. The van der Waals surface area contributed by atoms with Crippen LogP contribution in [-0.2, 0) is 11.2 Å². The molecule has 8 heteroatoms. The van der Waals surface area contributed by atoms with Gasteiger partial charge < -0.3 is 20.5 Å². The minimum Gasteiger partial charge on any atom is -0.477 e. The van der Waals surface area contributed by atoms with Crippen LogP contribution in [0.25, 0.3) is 0 Å². The van der Waals surface area contributed by atoms with Crippen molar-refractivity contribution in [1.82, 2.24) is 15.5 Å². The number of benzene rings is 1. The van der Waals surface area contributed by atoms with Gasteiger partial charge in [0.2, 0.25) is 0 Å². The average molecular weight is 360 g/mol. The molecule has 0 unspecified atom stereocenters. The van der Waals surface area contributed by atoms with Gasteiger partial charge in [0.25, 0.3) is 0 Å². The predicted molar refractivity (Wildman–Crippen MR) is 97.5 cm³/mol. The zero-order chi connectivity index (χ0) is 19.2. The number of carbonyl (C=O) groups excluding carboxylic acids is 1. The predicted octanol–water partition coefficient (Wildman–Crippen LogP) is 2.64. The summed E-state index contributed by atoms with van der Waals surface area (Å²) in [6, 6.07) is 9.54. The lowest BCUT2D eigenvalue weighted by Crippen LogP contribution is -2.35. The number of hydrogen-bond donors (Lipinski definition) is 4. The zero-order valence-corrected chi connectivity index (χ0v) is 15.1. The SMILES string of the molecule is CC(C)(C)OC(=O)NCCNc1n[nH]c(C(=O)O)c1Cc1ccccc1. The molecule has 0 aliphatic carbocycles. The Morgan fingerprint density at radius 2 is 1.88 bits per heavy atom. The summed E-state index contributed by atoms with van der Waals surface area (Å²) in [7, 11) is 0. The minimum atomic E-state index is -1.07. The maximum atomic E-state index is 11.6. The quantitative estimate of drug-likeness (QED) is 0.564. The number of nitrogens with zero attached hydrogens (tertiary/aromatic N) is 1. The number of carbonyl (C=O) groups is 2. The third-order valence-electron chi connectivity index (χ3n) is 3.39. The Kier molecular flexibility index (Phi) is 6.21. The summed E-state index contributed by atoms with van der Waals surface area (Å²) < 4.78 is 5.15. The molecule has 0 aliphatic heterocycles. The number of amides is 1. The number of hydrogen-bond acceptors (Lipinski definition) is 5. The van der Waals surface area contributed by atoms with E-state index in [4.69, 9.17) is 4.74 Å². The maximum Gasteiger partial charge on any atom is 0.407 e. The van der Waals surface area contributed by atoms with Crippen LogP contribution >= 0.6 is 0 Å². The normalized spacial score (nSPS) is 11.0. The van der Waals surface area contributed by atoms with Crippen molar-refractivity contribution >= 4 is 17.9 Å². The van der Waals surface area contributed by atoms with E-state index < -0.39 is 17.7 Å². The van der Waals surface area contributed by atoms with Crippen molar-refractivity contribution in [2.45, 2.75) is 32.8 Å². The second kappa shape index (κ2) is 8.37. The molecule has 140 valence electrons. The fourth-order valence-corrected chi connectivity index (χ4v) is 2.32. The van der Waals surface area contributed by atoms with E-state index in [1.165, 1.54) is 0 Å². The van der Waals surface area contributed by atoms with Crippen LogP contribution in [0.3, 0.4) is 0 Å². The van der Waals surface area contributed by atoms with Gasteiger partial charge in [-0.3, -0.25) is 5.10 Å². The smallest absolute Gasteiger partial charge is 0.407 e. The minimum absolute atomic E-state index is 0.0523. The summed E-state index contributed by atoms with van der Waals surface area (Å²) in [5, 5.41) is 21.6. The fourth-order valence-electron chi connectivity index (χ4n) is 2.32. The fraction of sp³-hybridized carbons (Fsp3) is 0.389. The van der Waals surface area contributed by atoms with Crippen LogP contribution in [0.15, 0.2) is 30.3 Å². The number of alkyl carbamates (subject to hydrolysis) is 1. The molecular weight excluding hydrogens is 336 g/mol. The molecule has 0 atom stereocenters. The molecular formula is C18H24N4O4. The Balaban J connectivity index is 1.97. The van der Waals surface area contributed by atoms with Gasteiger partial charge in [0, 0.05) is 25.1 Å². The lowest BCUT2D eigenvalue weighted by Gasteiger charge is -2.19. The maximum absolute atomic E-state index is 11.6. The number of rotatable bonds is 7. The van der Waals surface area contributed by atoms with E-state index in [-0.39, 0.29) is 5.69 Å². The first-order valence-electron chi connectivity index (χ1n) is 8.31. The lowest BCUT2D eigenvalue weighted by atomic mass is 10.0. The summed E-state index contributed by atoms with van der Waals surface area (Å²) >= 11 is 0. The Hall–Kier alpha value is -3.03. The number of H-pyrrole nitrogens is 1. The van der Waals surface area contributed by atoms with Gasteiger partial charge in [0.1, 0.15) is 11.3 Å². The standard InChI is InChI=1S/C18H24N4O4/c1-18(2,3)26-17(25)20-10-9-19-15-13(14(16(23)24)21-22-15)11-12-7-5-4-6-8-12/h4-8H,9-11H2,1-3H3,(H,20,25)(H,23,24)(H2,19,21,22). The summed E-state index contributed by atoms with van der Waals surface area (Å²) in [5.74, 6) is -0.611. The molecule has 1 amide bonds. The molecule has 2 aromatic rings. The van der Waals surface area contributed by atoms with Gasteiger partial charge in [0.15, 0.2) is 5.82 Å². The summed E-state index contributed by atoms with van der Waals surface area (Å²) in [4.78, 5) is 23.0. The van der Waals surface area contributed by atoms with Gasteiger partial charge >= 0.3 is 12.1 Å². The van der Waals surface area contributed by atoms with Crippen LogP contribution in [-0.4, -0.2) is 46.1 Å². The summed E-state index contributed by atoms with van der Waals surface area (Å²) in [6.45, 7) is 6.06. The third kappa shape index (κ3) is 5.80. The van der Waals surface area contributed by atoms with E-state index >= 15 is 0 Å². The molecule has 0 spiro atoms. The molecule has 0 aliphatic rings. The van der Waals surface area contributed by atoms with Crippen molar-refractivity contribution < 1.29 is 19.4 Å². The third-order valence-corrected chi connectivity index (χ3v) is 3.39.